The molecule has 0 radical (unpaired) electrons. The third-order valence-corrected chi connectivity index (χ3v) is 8.77. The van der Waals surface area contributed by atoms with Crippen LogP contribution in [0.25, 0.3) is 33.3 Å². The molecule has 0 spiro atoms. The van der Waals surface area contributed by atoms with E-state index in [9.17, 15) is 0 Å². The summed E-state index contributed by atoms with van der Waals surface area (Å²) in [5, 5.41) is 2.29. The molecule has 6 rings (SSSR count). The summed E-state index contributed by atoms with van der Waals surface area (Å²) in [5.74, 6) is 2.07. The van der Waals surface area contributed by atoms with Crippen LogP contribution in [-0.4, -0.2) is 9.97 Å². The normalized spacial score (nSPS) is 18.4. The van der Waals surface area contributed by atoms with Crippen molar-refractivity contribution in [1.29, 1.82) is 0 Å². The maximum Gasteiger partial charge on any atom is 0.227 e. The van der Waals surface area contributed by atoms with Crippen molar-refractivity contribution in [3.05, 3.63) is 58.9 Å². The number of rotatable bonds is 5. The van der Waals surface area contributed by atoms with E-state index in [1.807, 2.05) is 0 Å². The van der Waals surface area contributed by atoms with Gasteiger partial charge < -0.3 is 4.42 Å². The molecule has 3 heterocycles. The fraction of sp³-hybridized carbons (Fsp3) is 0.484. The van der Waals surface area contributed by atoms with Gasteiger partial charge in [0, 0.05) is 34.1 Å². The maximum absolute atomic E-state index is 6.50. The summed E-state index contributed by atoms with van der Waals surface area (Å²) in [6, 6.07) is 11.1. The smallest absolute Gasteiger partial charge is 0.227 e. The van der Waals surface area contributed by atoms with Crippen molar-refractivity contribution >= 4 is 22.1 Å². The molecular formula is C31H36N2O. The second-order valence-electron chi connectivity index (χ2n) is 11.0. The van der Waals surface area contributed by atoms with Crippen LogP contribution >= 0.6 is 0 Å². The van der Waals surface area contributed by atoms with Crippen molar-refractivity contribution in [3.8, 4) is 11.3 Å². The van der Waals surface area contributed by atoms with Crippen molar-refractivity contribution in [1.82, 2.24) is 9.97 Å². The number of hydrogen-bond acceptors (Lipinski definition) is 3. The van der Waals surface area contributed by atoms with E-state index >= 15 is 0 Å². The highest BCUT2D eigenvalue weighted by Gasteiger charge is 2.25. The number of aryl methyl sites for hydroxylation is 2. The van der Waals surface area contributed by atoms with Gasteiger partial charge in [-0.2, -0.15) is 0 Å². The minimum atomic E-state index is 0.484. The standard InChI is InChI=1S/C31H36N2O/c1-19-12-13-25(28-16-20(2)24(18-32-28)17-22-8-4-5-9-22)30-29(19)26-14-15-27(33-31(26)34-30)21(3)23-10-6-7-11-23/h12-16,18,21-23H,4-11,17H2,1-3H3. The molecule has 1 unspecified atom stereocenters. The van der Waals surface area contributed by atoms with Crippen LogP contribution in [0.1, 0.15) is 86.6 Å². The molecule has 176 valence electrons. The van der Waals surface area contributed by atoms with Crippen molar-refractivity contribution in [2.75, 3.05) is 0 Å². The molecule has 2 aliphatic carbocycles. The van der Waals surface area contributed by atoms with Gasteiger partial charge in [-0.05, 0) is 85.9 Å². The third-order valence-electron chi connectivity index (χ3n) is 8.77. The van der Waals surface area contributed by atoms with E-state index in [1.165, 1.54) is 85.6 Å². The minimum absolute atomic E-state index is 0.484. The third kappa shape index (κ3) is 3.83. The molecular weight excluding hydrogens is 416 g/mol. The Morgan fingerprint density at radius 3 is 2.47 bits per heavy atom. The number of nitrogens with zero attached hydrogens (tertiary/aromatic N) is 2. The van der Waals surface area contributed by atoms with Crippen LogP contribution in [0.15, 0.2) is 40.9 Å². The fourth-order valence-corrected chi connectivity index (χ4v) is 6.57. The summed E-state index contributed by atoms with van der Waals surface area (Å²) in [7, 11) is 0. The van der Waals surface area contributed by atoms with Gasteiger partial charge >= 0.3 is 0 Å². The largest absolute Gasteiger partial charge is 0.437 e. The lowest BCUT2D eigenvalue weighted by Crippen LogP contribution is -2.07. The van der Waals surface area contributed by atoms with E-state index in [-0.39, 0.29) is 0 Å². The molecule has 34 heavy (non-hydrogen) atoms. The molecule has 1 atom stereocenters. The molecule has 4 aromatic rings. The van der Waals surface area contributed by atoms with Crippen LogP contribution in [0.2, 0.25) is 0 Å². The molecule has 1 aromatic carbocycles. The topological polar surface area (TPSA) is 38.9 Å². The summed E-state index contributed by atoms with van der Waals surface area (Å²) in [5.41, 5.74) is 8.89. The predicted molar refractivity (Wildman–Crippen MR) is 140 cm³/mol. The lowest BCUT2D eigenvalue weighted by atomic mass is 9.89. The predicted octanol–water partition coefficient (Wildman–Crippen LogP) is 8.69. The summed E-state index contributed by atoms with van der Waals surface area (Å²) >= 11 is 0. The van der Waals surface area contributed by atoms with Crippen molar-refractivity contribution in [3.63, 3.8) is 0 Å². The monoisotopic (exact) mass is 452 g/mol. The van der Waals surface area contributed by atoms with E-state index in [0.29, 0.717) is 5.92 Å². The molecule has 3 heteroatoms. The van der Waals surface area contributed by atoms with Gasteiger partial charge in [0.1, 0.15) is 5.58 Å². The lowest BCUT2D eigenvalue weighted by molar-refractivity contribution is 0.452. The molecule has 0 saturated heterocycles. The van der Waals surface area contributed by atoms with E-state index in [2.05, 4.69) is 57.3 Å². The number of fused-ring (bicyclic) bond motifs is 3. The van der Waals surface area contributed by atoms with Crippen LogP contribution in [0.4, 0.5) is 0 Å². The van der Waals surface area contributed by atoms with Crippen molar-refractivity contribution < 1.29 is 4.42 Å². The number of pyridine rings is 2. The number of hydrogen-bond donors (Lipinski definition) is 0. The summed E-state index contributed by atoms with van der Waals surface area (Å²) in [6.07, 6.45) is 14.1. The van der Waals surface area contributed by atoms with Crippen molar-refractivity contribution in [2.45, 2.75) is 84.5 Å². The quantitative estimate of drug-likeness (QED) is 0.304. The number of aromatic nitrogens is 2. The Hall–Kier alpha value is -2.68. The molecule has 0 bridgehead atoms. The molecule has 3 nitrogen and oxygen atoms in total. The number of furan rings is 1. The van der Waals surface area contributed by atoms with Gasteiger partial charge in [0.25, 0.3) is 0 Å². The second-order valence-corrected chi connectivity index (χ2v) is 11.0. The molecule has 0 N–H and O–H groups in total. The zero-order chi connectivity index (χ0) is 23.2. The highest BCUT2D eigenvalue weighted by molar-refractivity contribution is 6.10. The average molecular weight is 453 g/mol. The first-order valence-corrected chi connectivity index (χ1v) is 13.4. The van der Waals surface area contributed by atoms with Crippen molar-refractivity contribution in [2.24, 2.45) is 11.8 Å². The van der Waals surface area contributed by atoms with E-state index in [1.54, 1.807) is 0 Å². The maximum atomic E-state index is 6.50. The molecule has 2 aliphatic rings. The van der Waals surface area contributed by atoms with Crippen LogP contribution in [0.5, 0.6) is 0 Å². The molecule has 3 aromatic heterocycles. The zero-order valence-corrected chi connectivity index (χ0v) is 20.9. The molecule has 2 saturated carbocycles. The SMILES string of the molecule is Cc1cc(-c2ccc(C)c3c2oc2nc(C(C)C4CCCC4)ccc23)ncc1CC1CCCC1. The van der Waals surface area contributed by atoms with Gasteiger partial charge in [-0.3, -0.25) is 4.98 Å². The first-order chi connectivity index (χ1) is 16.6. The highest BCUT2D eigenvalue weighted by atomic mass is 16.3. The zero-order valence-electron chi connectivity index (χ0n) is 20.9. The minimum Gasteiger partial charge on any atom is -0.437 e. The van der Waals surface area contributed by atoms with Gasteiger partial charge in [0.2, 0.25) is 5.71 Å². The summed E-state index contributed by atoms with van der Waals surface area (Å²) < 4.78 is 6.50. The van der Waals surface area contributed by atoms with Crippen LogP contribution in [0, 0.1) is 25.7 Å². The van der Waals surface area contributed by atoms with Gasteiger partial charge in [0.05, 0.1) is 5.69 Å². The molecule has 0 amide bonds. The van der Waals surface area contributed by atoms with Gasteiger partial charge in [-0.15, -0.1) is 0 Å². The fourth-order valence-electron chi connectivity index (χ4n) is 6.57. The van der Waals surface area contributed by atoms with Crippen LogP contribution in [-0.2, 0) is 6.42 Å². The van der Waals surface area contributed by atoms with E-state index in [4.69, 9.17) is 14.4 Å². The van der Waals surface area contributed by atoms with Crippen LogP contribution in [0.3, 0.4) is 0 Å². The number of benzene rings is 1. The van der Waals surface area contributed by atoms with Gasteiger partial charge in [-0.25, -0.2) is 4.98 Å². The molecule has 2 fully saturated rings. The Bertz CT molecular complexity index is 1340. The Labute approximate surface area is 203 Å². The highest BCUT2D eigenvalue weighted by Crippen LogP contribution is 2.40. The first-order valence-electron chi connectivity index (χ1n) is 13.4. The van der Waals surface area contributed by atoms with Crippen LogP contribution < -0.4 is 0 Å². The van der Waals surface area contributed by atoms with E-state index in [0.717, 1.165) is 39.8 Å². The lowest BCUT2D eigenvalue weighted by Gasteiger charge is -2.17. The first kappa shape index (κ1) is 21.8. The van der Waals surface area contributed by atoms with E-state index < -0.39 is 0 Å². The Morgan fingerprint density at radius 2 is 1.71 bits per heavy atom. The molecule has 0 aliphatic heterocycles. The van der Waals surface area contributed by atoms with Gasteiger partial charge in [0.15, 0.2) is 0 Å². The van der Waals surface area contributed by atoms with Gasteiger partial charge in [-0.1, -0.05) is 51.5 Å². The summed E-state index contributed by atoms with van der Waals surface area (Å²) in [4.78, 5) is 9.95. The second kappa shape index (κ2) is 8.83. The average Bonchev–Trinajstić information content (AvgIpc) is 3.61. The Morgan fingerprint density at radius 1 is 0.941 bits per heavy atom. The summed E-state index contributed by atoms with van der Waals surface area (Å²) in [6.45, 7) is 6.74. The Kier molecular flexibility index (Phi) is 5.67. The Balaban J connectivity index is 1.39.